The highest BCUT2D eigenvalue weighted by Gasteiger charge is 2.57. The zero-order valence-electron chi connectivity index (χ0n) is 19.4. The summed E-state index contributed by atoms with van der Waals surface area (Å²) in [5.74, 6) is 1.85. The molecule has 2 nitrogen and oxygen atoms in total. The molecule has 0 aliphatic heterocycles. The number of rotatable bonds is 6. The van der Waals surface area contributed by atoms with Gasteiger partial charge >= 0.3 is 0 Å². The molecular weight excluding hydrogens is 396 g/mol. The summed E-state index contributed by atoms with van der Waals surface area (Å²) in [5, 5.41) is 2.62. The number of hydrogen-bond acceptors (Lipinski definition) is 2. The van der Waals surface area contributed by atoms with E-state index < -0.39 is 8.32 Å². The van der Waals surface area contributed by atoms with Crippen LogP contribution in [0.15, 0.2) is 73.3 Å². The van der Waals surface area contributed by atoms with E-state index in [9.17, 15) is 4.79 Å². The summed E-state index contributed by atoms with van der Waals surface area (Å²) in [7, 11) is -2.59. The van der Waals surface area contributed by atoms with Crippen molar-refractivity contribution in [2.75, 3.05) is 0 Å². The van der Waals surface area contributed by atoms with Crippen molar-refractivity contribution in [2.24, 2.45) is 23.7 Å². The molecule has 4 rings (SSSR count). The number of fused-ring (bicyclic) bond motifs is 1. The highest BCUT2D eigenvalue weighted by atomic mass is 28.4. The van der Waals surface area contributed by atoms with Gasteiger partial charge in [0.2, 0.25) is 0 Å². The maximum atomic E-state index is 12.5. The van der Waals surface area contributed by atoms with Crippen LogP contribution in [0.3, 0.4) is 0 Å². The van der Waals surface area contributed by atoms with E-state index in [2.05, 4.69) is 94.9 Å². The first-order chi connectivity index (χ1) is 14.8. The van der Waals surface area contributed by atoms with Crippen LogP contribution in [0, 0.1) is 23.7 Å². The Hall–Kier alpha value is -1.97. The molecule has 2 aliphatic carbocycles. The van der Waals surface area contributed by atoms with E-state index in [1.54, 1.807) is 0 Å². The van der Waals surface area contributed by atoms with Crippen molar-refractivity contribution in [3.8, 4) is 0 Å². The van der Waals surface area contributed by atoms with Gasteiger partial charge < -0.3 is 4.43 Å². The van der Waals surface area contributed by atoms with Gasteiger partial charge in [-0.25, -0.2) is 0 Å². The lowest BCUT2D eigenvalue weighted by Gasteiger charge is -2.46. The second-order valence-electron chi connectivity index (χ2n) is 10.5. The Morgan fingerprint density at radius 2 is 1.55 bits per heavy atom. The van der Waals surface area contributed by atoms with Crippen molar-refractivity contribution >= 4 is 24.5 Å². The zero-order valence-corrected chi connectivity index (χ0v) is 20.4. The van der Waals surface area contributed by atoms with Crippen LogP contribution in [0.5, 0.6) is 0 Å². The quantitative estimate of drug-likeness (QED) is 0.453. The van der Waals surface area contributed by atoms with Crippen LogP contribution in [-0.4, -0.2) is 20.2 Å². The van der Waals surface area contributed by atoms with Crippen LogP contribution >= 0.6 is 0 Å². The Morgan fingerprint density at radius 3 is 2.03 bits per heavy atom. The number of Topliss-reactive ketones (excluding diaryl/α,β-unsaturated/α-hetero) is 1. The number of carbonyl (C=O) groups is 1. The number of benzene rings is 2. The van der Waals surface area contributed by atoms with Gasteiger partial charge in [0.25, 0.3) is 8.32 Å². The average molecular weight is 433 g/mol. The smallest absolute Gasteiger partial charge is 0.261 e. The fourth-order valence-corrected chi connectivity index (χ4v) is 11.1. The van der Waals surface area contributed by atoms with Gasteiger partial charge in [0.1, 0.15) is 5.78 Å². The lowest BCUT2D eigenvalue weighted by molar-refractivity contribution is -0.121. The van der Waals surface area contributed by atoms with Gasteiger partial charge in [-0.05, 0) is 46.0 Å². The third-order valence-corrected chi connectivity index (χ3v) is 12.9. The standard InChI is InChI=1S/C28H36O2Si/c1-6-13-23-25-18-26(29)20(2)24(25)19-27(23)30-31(28(3,4)5,21-14-9-7-10-15-21)22-16-11-8-12-17-22/h6-12,14-17,20,23-25,27H,1,13,18-19H2,2-5H3/t20-,23-,24-,25-,27-/m1/s1. The van der Waals surface area contributed by atoms with Crippen molar-refractivity contribution in [3.05, 3.63) is 73.3 Å². The van der Waals surface area contributed by atoms with E-state index in [0.29, 0.717) is 30.0 Å². The van der Waals surface area contributed by atoms with Gasteiger partial charge in [-0.2, -0.15) is 0 Å². The molecule has 2 aromatic rings. The molecule has 5 atom stereocenters. The van der Waals surface area contributed by atoms with Crippen LogP contribution < -0.4 is 10.4 Å². The third-order valence-electron chi connectivity index (χ3n) is 7.85. The van der Waals surface area contributed by atoms with Crippen LogP contribution in [-0.2, 0) is 9.22 Å². The lowest BCUT2D eigenvalue weighted by atomic mass is 9.87. The Bertz CT molecular complexity index is 876. The van der Waals surface area contributed by atoms with E-state index in [4.69, 9.17) is 4.43 Å². The fourth-order valence-electron chi connectivity index (χ4n) is 6.32. The maximum Gasteiger partial charge on any atom is 0.261 e. The first kappa shape index (κ1) is 22.2. The molecule has 2 fully saturated rings. The Labute approximate surface area is 188 Å². The molecule has 0 N–H and O–H groups in total. The Morgan fingerprint density at radius 1 is 1.00 bits per heavy atom. The van der Waals surface area contributed by atoms with Crippen LogP contribution in [0.25, 0.3) is 0 Å². The predicted octanol–water partition coefficient (Wildman–Crippen LogP) is 5.37. The fraction of sp³-hybridized carbons (Fsp3) is 0.464. The molecule has 0 saturated heterocycles. The summed E-state index contributed by atoms with van der Waals surface area (Å²) in [5.41, 5.74) is 0. The van der Waals surface area contributed by atoms with Gasteiger partial charge in [-0.1, -0.05) is 94.4 Å². The number of ketones is 1. The maximum absolute atomic E-state index is 12.5. The van der Waals surface area contributed by atoms with Crippen molar-refractivity contribution in [1.82, 2.24) is 0 Å². The number of hydrogen-bond donors (Lipinski definition) is 0. The number of allylic oxidation sites excluding steroid dienone is 1. The Kier molecular flexibility index (Phi) is 6.11. The molecule has 0 spiro atoms. The summed E-state index contributed by atoms with van der Waals surface area (Å²) in [6.07, 6.45) is 4.81. The van der Waals surface area contributed by atoms with Gasteiger partial charge in [-0.15, -0.1) is 6.58 Å². The minimum Gasteiger partial charge on any atom is -0.404 e. The molecule has 0 amide bonds. The van der Waals surface area contributed by atoms with Crippen molar-refractivity contribution in [1.29, 1.82) is 0 Å². The summed E-state index contributed by atoms with van der Waals surface area (Å²) < 4.78 is 7.50. The molecule has 0 radical (unpaired) electrons. The van der Waals surface area contributed by atoms with Crippen molar-refractivity contribution in [2.45, 2.75) is 58.1 Å². The molecule has 2 aromatic carbocycles. The van der Waals surface area contributed by atoms with E-state index in [0.717, 1.165) is 12.8 Å². The van der Waals surface area contributed by atoms with Gasteiger partial charge in [0, 0.05) is 18.4 Å². The average Bonchev–Trinajstić information content (AvgIpc) is 3.22. The summed E-state index contributed by atoms with van der Waals surface area (Å²) >= 11 is 0. The van der Waals surface area contributed by atoms with E-state index >= 15 is 0 Å². The van der Waals surface area contributed by atoms with E-state index in [-0.39, 0.29) is 17.1 Å². The molecular formula is C28H36O2Si. The lowest BCUT2D eigenvalue weighted by Crippen LogP contribution is -2.68. The van der Waals surface area contributed by atoms with Crippen molar-refractivity contribution in [3.63, 3.8) is 0 Å². The second kappa shape index (κ2) is 8.52. The van der Waals surface area contributed by atoms with Crippen LogP contribution in [0.2, 0.25) is 5.04 Å². The normalized spacial score (nSPS) is 28.5. The molecule has 3 heteroatoms. The highest BCUT2D eigenvalue weighted by Crippen LogP contribution is 2.53. The highest BCUT2D eigenvalue weighted by molar-refractivity contribution is 6.99. The monoisotopic (exact) mass is 432 g/mol. The molecule has 0 heterocycles. The van der Waals surface area contributed by atoms with E-state index in [1.807, 2.05) is 6.08 Å². The molecule has 0 unspecified atom stereocenters. The van der Waals surface area contributed by atoms with Gasteiger partial charge in [0.05, 0.1) is 0 Å². The predicted molar refractivity (Wildman–Crippen MR) is 131 cm³/mol. The summed E-state index contributed by atoms with van der Waals surface area (Å²) in [4.78, 5) is 12.5. The largest absolute Gasteiger partial charge is 0.404 e. The third kappa shape index (κ3) is 3.76. The Balaban J connectivity index is 1.82. The van der Waals surface area contributed by atoms with Crippen molar-refractivity contribution < 1.29 is 9.22 Å². The molecule has 2 saturated carbocycles. The SMILES string of the molecule is C=CC[C@@H]1[C@H]2CC(=O)[C@H](C)[C@H]2C[C@H]1O[Si](c1ccccc1)(c1ccccc1)C(C)(C)C. The zero-order chi connectivity index (χ0) is 22.2. The first-order valence-corrected chi connectivity index (χ1v) is 13.6. The number of carbonyl (C=O) groups excluding carboxylic acids is 1. The molecule has 0 aromatic heterocycles. The minimum absolute atomic E-state index is 0.0342. The molecule has 164 valence electrons. The summed E-state index contributed by atoms with van der Waals surface area (Å²) in [6.45, 7) is 13.2. The molecule has 31 heavy (non-hydrogen) atoms. The second-order valence-corrected chi connectivity index (χ2v) is 14.8. The van der Waals surface area contributed by atoms with Crippen LogP contribution in [0.1, 0.15) is 47.0 Å². The van der Waals surface area contributed by atoms with Gasteiger partial charge in [0.15, 0.2) is 0 Å². The molecule has 2 aliphatic rings. The minimum atomic E-state index is -2.59. The van der Waals surface area contributed by atoms with E-state index in [1.165, 1.54) is 10.4 Å². The van der Waals surface area contributed by atoms with Crippen LogP contribution in [0.4, 0.5) is 0 Å². The first-order valence-electron chi connectivity index (χ1n) is 11.7. The molecule has 0 bridgehead atoms. The summed E-state index contributed by atoms with van der Waals surface area (Å²) in [6, 6.07) is 21.8. The van der Waals surface area contributed by atoms with Gasteiger partial charge in [-0.3, -0.25) is 4.79 Å². The topological polar surface area (TPSA) is 26.3 Å².